The molecule has 0 amide bonds. The molecule has 3 aromatic heterocycles. The van der Waals surface area contributed by atoms with Gasteiger partial charge in [0.2, 0.25) is 0 Å². The van der Waals surface area contributed by atoms with Gasteiger partial charge >= 0.3 is 0 Å². The van der Waals surface area contributed by atoms with E-state index in [4.69, 9.17) is 0 Å². The maximum Gasteiger partial charge on any atom is 0.0711 e. The summed E-state index contributed by atoms with van der Waals surface area (Å²) in [6.45, 7) is 0. The van der Waals surface area contributed by atoms with Crippen LogP contribution >= 0.6 is 0 Å². The molecule has 0 bridgehead atoms. The molecule has 0 unspecified atom stereocenters. The quantitative estimate of drug-likeness (QED) is 0.161. The van der Waals surface area contributed by atoms with Crippen LogP contribution in [-0.4, -0.2) is 14.2 Å². The van der Waals surface area contributed by atoms with Crippen LogP contribution in [0.1, 0.15) is 0 Å². The van der Waals surface area contributed by atoms with Crippen LogP contribution in [0.3, 0.4) is 0 Å². The zero-order valence-electron chi connectivity index (χ0n) is 16.4. The molecule has 0 aliphatic heterocycles. The summed E-state index contributed by atoms with van der Waals surface area (Å²) in [6.07, 6.45) is 1.86. The van der Waals surface area contributed by atoms with Gasteiger partial charge in [-0.15, -0.1) is 5.39 Å². The van der Waals surface area contributed by atoms with Gasteiger partial charge < -0.3 is 4.57 Å². The molecule has 3 nitrogen and oxygen atoms in total. The number of nitrogens with zero attached hydrogens (tertiary/aromatic N) is 3. The van der Waals surface area contributed by atoms with Crippen molar-refractivity contribution in [3.05, 3.63) is 103 Å². The van der Waals surface area contributed by atoms with E-state index in [1.807, 2.05) is 22.8 Å². The van der Waals surface area contributed by atoms with Crippen molar-refractivity contribution >= 4 is 49.0 Å². The molecule has 7 aromatic rings. The van der Waals surface area contributed by atoms with E-state index < -0.39 is 0 Å². The Labute approximate surface area is 191 Å². The predicted molar refractivity (Wildman–Crippen MR) is 123 cm³/mol. The minimum Gasteiger partial charge on any atom is -0.309 e. The largest absolute Gasteiger partial charge is 0.309 e. The van der Waals surface area contributed by atoms with E-state index in [0.29, 0.717) is 0 Å². The second-order valence-electron chi connectivity index (χ2n) is 7.66. The summed E-state index contributed by atoms with van der Waals surface area (Å²) in [4.78, 5) is 0. The van der Waals surface area contributed by atoms with Gasteiger partial charge in [-0.05, 0) is 41.2 Å². The Hall–Kier alpha value is -3.46. The molecule has 0 N–H and O–H groups in total. The number of rotatable bonds is 1. The average molecular weight is 575 g/mol. The molecule has 0 saturated heterocycles. The van der Waals surface area contributed by atoms with Gasteiger partial charge in [-0.2, -0.15) is 29.4 Å². The van der Waals surface area contributed by atoms with Crippen LogP contribution in [0.4, 0.5) is 0 Å². The van der Waals surface area contributed by atoms with E-state index in [-0.39, 0.29) is 20.1 Å². The minimum absolute atomic E-state index is 0. The normalized spacial score (nSPS) is 11.6. The van der Waals surface area contributed by atoms with Crippen LogP contribution < -0.4 is 0 Å². The fourth-order valence-electron chi connectivity index (χ4n) is 4.82. The number of aromatic nitrogens is 3. The van der Waals surface area contributed by atoms with Crippen molar-refractivity contribution < 1.29 is 20.1 Å². The van der Waals surface area contributed by atoms with Crippen LogP contribution in [-0.2, 0) is 20.1 Å². The fourth-order valence-corrected chi connectivity index (χ4v) is 4.82. The Kier molecular flexibility index (Phi) is 4.01. The van der Waals surface area contributed by atoms with E-state index in [1.165, 1.54) is 32.6 Å². The Morgan fingerprint density at radius 1 is 0.613 bits per heavy atom. The number of fused-ring (bicyclic) bond motifs is 9. The van der Waals surface area contributed by atoms with E-state index in [1.54, 1.807) is 0 Å². The number of hydrogen-bond donors (Lipinski definition) is 0. The van der Waals surface area contributed by atoms with Gasteiger partial charge in [0.05, 0.1) is 16.6 Å². The second-order valence-corrected chi connectivity index (χ2v) is 7.66. The van der Waals surface area contributed by atoms with Gasteiger partial charge in [0.15, 0.2) is 0 Å². The van der Waals surface area contributed by atoms with Crippen LogP contribution in [0.2, 0.25) is 0 Å². The first-order chi connectivity index (χ1) is 14.9. The Morgan fingerprint density at radius 3 is 2.06 bits per heavy atom. The monoisotopic (exact) mass is 575 g/mol. The summed E-state index contributed by atoms with van der Waals surface area (Å²) >= 11 is 0. The molecule has 0 atom stereocenters. The molecule has 0 aliphatic rings. The molecule has 31 heavy (non-hydrogen) atoms. The zero-order valence-corrected chi connectivity index (χ0v) is 18.8. The second kappa shape index (κ2) is 6.78. The van der Waals surface area contributed by atoms with Gasteiger partial charge in [-0.25, -0.2) is 0 Å². The molecule has 0 fully saturated rings. The molecule has 4 aromatic carbocycles. The first kappa shape index (κ1) is 18.3. The Morgan fingerprint density at radius 2 is 1.29 bits per heavy atom. The van der Waals surface area contributed by atoms with Crippen molar-refractivity contribution in [3.8, 4) is 5.69 Å². The van der Waals surface area contributed by atoms with E-state index in [2.05, 4.69) is 94.6 Å². The summed E-state index contributed by atoms with van der Waals surface area (Å²) in [5, 5.41) is 10.7. The zero-order chi connectivity index (χ0) is 19.7. The third-order valence-electron chi connectivity index (χ3n) is 6.10. The van der Waals surface area contributed by atoms with Crippen molar-refractivity contribution in [2.75, 3.05) is 0 Å². The van der Waals surface area contributed by atoms with Crippen molar-refractivity contribution in [1.29, 1.82) is 0 Å². The third-order valence-corrected chi connectivity index (χ3v) is 6.10. The number of para-hydroxylation sites is 3. The van der Waals surface area contributed by atoms with Gasteiger partial charge in [0, 0.05) is 42.8 Å². The summed E-state index contributed by atoms with van der Waals surface area (Å²) in [7, 11) is 0. The summed E-state index contributed by atoms with van der Waals surface area (Å²) < 4.78 is 4.35. The average Bonchev–Trinajstić information content (AvgIpc) is 3.42. The Bertz CT molecular complexity index is 1700. The molecule has 149 valence electrons. The van der Waals surface area contributed by atoms with E-state index in [9.17, 15) is 0 Å². The number of benzene rings is 4. The summed E-state index contributed by atoms with van der Waals surface area (Å²) in [6, 6.07) is 35.6. The molecule has 3 heterocycles. The molecule has 7 rings (SSSR count). The smallest absolute Gasteiger partial charge is 0.0711 e. The molecule has 4 heteroatoms. The Balaban J connectivity index is 0.00000185. The van der Waals surface area contributed by atoms with Gasteiger partial charge in [-0.3, -0.25) is 4.52 Å². The van der Waals surface area contributed by atoms with Crippen molar-refractivity contribution in [1.82, 2.24) is 14.2 Å². The van der Waals surface area contributed by atoms with Gasteiger partial charge in [-0.1, -0.05) is 47.9 Å². The first-order valence-corrected chi connectivity index (χ1v) is 10.1. The molecule has 0 aliphatic carbocycles. The predicted octanol–water partition coefficient (Wildman–Crippen LogP) is 6.54. The van der Waals surface area contributed by atoms with Crippen LogP contribution in [0.15, 0.2) is 97.2 Å². The SMILES string of the molecule is [Ir].[c-]1cccc2c3cc(-n4c5ccccc5c5ccccc54)ccc3c3ccnn3c12. The van der Waals surface area contributed by atoms with Gasteiger partial charge in [0.25, 0.3) is 0 Å². The van der Waals surface area contributed by atoms with Crippen molar-refractivity contribution in [2.45, 2.75) is 0 Å². The minimum atomic E-state index is 0. The van der Waals surface area contributed by atoms with Crippen LogP contribution in [0.5, 0.6) is 0 Å². The van der Waals surface area contributed by atoms with E-state index >= 15 is 0 Å². The van der Waals surface area contributed by atoms with Crippen LogP contribution in [0, 0.1) is 6.07 Å². The summed E-state index contributed by atoms with van der Waals surface area (Å²) in [5.74, 6) is 0. The van der Waals surface area contributed by atoms with E-state index in [0.717, 1.165) is 22.1 Å². The first-order valence-electron chi connectivity index (χ1n) is 10.1. The maximum absolute atomic E-state index is 4.53. The van der Waals surface area contributed by atoms with Crippen molar-refractivity contribution in [2.24, 2.45) is 0 Å². The van der Waals surface area contributed by atoms with Crippen molar-refractivity contribution in [3.63, 3.8) is 0 Å². The molecular weight excluding hydrogens is 559 g/mol. The fraction of sp³-hybridized carbons (Fsp3) is 0. The molecule has 1 radical (unpaired) electrons. The number of hydrogen-bond acceptors (Lipinski definition) is 1. The third kappa shape index (κ3) is 2.46. The maximum atomic E-state index is 4.53. The van der Waals surface area contributed by atoms with Gasteiger partial charge in [0.1, 0.15) is 0 Å². The topological polar surface area (TPSA) is 22.2 Å². The number of pyridine rings is 1. The van der Waals surface area contributed by atoms with Crippen LogP contribution in [0.25, 0.3) is 54.7 Å². The standard InChI is InChI=1S/C27H16N3.Ir/c1-4-10-24-19(7-1)20-8-2-5-11-25(20)29(24)18-13-14-22-23(17-18)21-9-3-6-12-26(21)30-27(22)15-16-28-30;/h1-11,13-17H;/q-1;. The summed E-state index contributed by atoms with van der Waals surface area (Å²) in [5.41, 5.74) is 5.71. The molecular formula is C27H16IrN3-. The molecule has 0 spiro atoms. The molecule has 0 saturated carbocycles.